The Bertz CT molecular complexity index is 1120. The zero-order valence-corrected chi connectivity index (χ0v) is 16.0. The summed E-state index contributed by atoms with van der Waals surface area (Å²) in [6, 6.07) is 16.0. The van der Waals surface area contributed by atoms with Gasteiger partial charge in [0.25, 0.3) is 0 Å². The van der Waals surface area contributed by atoms with Crippen LogP contribution in [0.4, 0.5) is 5.69 Å². The largest absolute Gasteiger partial charge is 0.461 e. The van der Waals surface area contributed by atoms with Crippen molar-refractivity contribution in [1.82, 2.24) is 9.71 Å². The summed E-state index contributed by atoms with van der Waals surface area (Å²) in [5.41, 5.74) is 3.14. The second-order valence-corrected chi connectivity index (χ2v) is 6.13. The molecule has 0 amide bonds. The van der Waals surface area contributed by atoms with E-state index in [1.54, 1.807) is 62.4 Å². The van der Waals surface area contributed by atoms with E-state index < -0.39 is 5.97 Å². The van der Waals surface area contributed by atoms with E-state index >= 15 is 0 Å². The van der Waals surface area contributed by atoms with Crippen molar-refractivity contribution in [3.63, 3.8) is 0 Å². The topological polar surface area (TPSA) is 81.5 Å². The number of nitriles is 1. The predicted molar refractivity (Wildman–Crippen MR) is 106 cm³/mol. The third-order valence-electron chi connectivity index (χ3n) is 4.16. The second kappa shape index (κ2) is 8.73. The van der Waals surface area contributed by atoms with Crippen molar-refractivity contribution in [2.45, 2.75) is 20.5 Å². The first-order valence-corrected chi connectivity index (χ1v) is 8.94. The van der Waals surface area contributed by atoms with Crippen LogP contribution < -0.4 is 4.84 Å². The van der Waals surface area contributed by atoms with Crippen molar-refractivity contribution in [2.24, 2.45) is 0 Å². The number of nitrogens with zero attached hydrogens (tertiary/aromatic N) is 4. The van der Waals surface area contributed by atoms with Crippen LogP contribution in [0.2, 0.25) is 0 Å². The number of hydrogen-bond donors (Lipinski definition) is 0. The summed E-state index contributed by atoms with van der Waals surface area (Å²) in [6.45, 7) is 10.8. The lowest BCUT2D eigenvalue weighted by atomic mass is 10.1. The van der Waals surface area contributed by atoms with Gasteiger partial charge in [0.2, 0.25) is 0 Å². The fraction of sp³-hybridized carbons (Fsp3) is 0.182. The molecule has 0 saturated heterocycles. The van der Waals surface area contributed by atoms with Crippen LogP contribution in [-0.2, 0) is 11.3 Å². The molecule has 0 bridgehead atoms. The van der Waals surface area contributed by atoms with Crippen molar-refractivity contribution in [3.05, 3.63) is 82.5 Å². The molecule has 0 aliphatic rings. The highest BCUT2D eigenvalue weighted by Crippen LogP contribution is 2.24. The van der Waals surface area contributed by atoms with Gasteiger partial charge in [0.15, 0.2) is 17.2 Å². The highest BCUT2D eigenvalue weighted by molar-refractivity contribution is 5.89. The van der Waals surface area contributed by atoms with Gasteiger partial charge in [-0.15, -0.1) is 0 Å². The number of imidazole rings is 1. The van der Waals surface area contributed by atoms with Crippen LogP contribution in [0, 0.1) is 24.8 Å². The summed E-state index contributed by atoms with van der Waals surface area (Å²) >= 11 is 0. The number of carbonyl (C=O) groups is 1. The summed E-state index contributed by atoms with van der Waals surface area (Å²) in [7, 11) is 0. The van der Waals surface area contributed by atoms with Gasteiger partial charge in [-0.2, -0.15) is 9.99 Å². The number of esters is 1. The minimum absolute atomic E-state index is 0.158. The average Bonchev–Trinajstić information content (AvgIpc) is 3.09. The fourth-order valence-corrected chi connectivity index (χ4v) is 2.78. The van der Waals surface area contributed by atoms with Crippen LogP contribution in [0.25, 0.3) is 16.2 Å². The SMILES string of the molecule is [C-]#[N+]c1ccc(COn2c(-c3cccc(C#N)c3)nc(C)c2C(=O)OCC)cc1. The van der Waals surface area contributed by atoms with Crippen molar-refractivity contribution in [1.29, 1.82) is 5.26 Å². The minimum atomic E-state index is -0.538. The van der Waals surface area contributed by atoms with E-state index in [9.17, 15) is 10.1 Å². The molecule has 0 aliphatic heterocycles. The molecule has 3 rings (SSSR count). The summed E-state index contributed by atoms with van der Waals surface area (Å²) in [4.78, 5) is 26.3. The molecule has 0 N–H and O–H groups in total. The van der Waals surface area contributed by atoms with Gasteiger partial charge in [0.1, 0.15) is 6.61 Å². The molecule has 7 heteroatoms. The maximum Gasteiger partial charge on any atom is 0.360 e. The number of hydrogen-bond acceptors (Lipinski definition) is 5. The molecule has 29 heavy (non-hydrogen) atoms. The molecule has 2 aromatic carbocycles. The Morgan fingerprint density at radius 2 is 2.03 bits per heavy atom. The van der Waals surface area contributed by atoms with Crippen molar-refractivity contribution in [2.75, 3.05) is 6.61 Å². The van der Waals surface area contributed by atoms with Gasteiger partial charge in [-0.1, -0.05) is 36.4 Å². The molecule has 0 spiro atoms. The number of aromatic nitrogens is 2. The maximum atomic E-state index is 12.5. The Morgan fingerprint density at radius 1 is 1.28 bits per heavy atom. The quantitative estimate of drug-likeness (QED) is 0.471. The second-order valence-electron chi connectivity index (χ2n) is 6.13. The van der Waals surface area contributed by atoms with E-state index in [1.165, 1.54) is 4.73 Å². The lowest BCUT2D eigenvalue weighted by Crippen LogP contribution is -2.20. The zero-order chi connectivity index (χ0) is 20.8. The Morgan fingerprint density at radius 3 is 2.69 bits per heavy atom. The van der Waals surface area contributed by atoms with E-state index in [0.717, 1.165) is 5.56 Å². The number of benzene rings is 2. The predicted octanol–water partition coefficient (Wildman–Crippen LogP) is 4.09. The third-order valence-corrected chi connectivity index (χ3v) is 4.16. The Balaban J connectivity index is 2.02. The first-order valence-electron chi connectivity index (χ1n) is 8.94. The van der Waals surface area contributed by atoms with Gasteiger partial charge < -0.3 is 9.57 Å². The van der Waals surface area contributed by atoms with Gasteiger partial charge in [-0.05, 0) is 31.5 Å². The van der Waals surface area contributed by atoms with Gasteiger partial charge >= 0.3 is 5.97 Å². The van der Waals surface area contributed by atoms with Crippen molar-refractivity contribution in [3.8, 4) is 17.5 Å². The van der Waals surface area contributed by atoms with Gasteiger partial charge in [0, 0.05) is 5.56 Å². The normalized spacial score (nSPS) is 10.1. The standard InChI is InChI=1S/C22H18N4O3/c1-4-28-22(27)20-15(2)25-21(18-7-5-6-17(12-18)13-23)26(20)29-14-16-8-10-19(24-3)11-9-16/h5-12H,4,14H2,1-2H3. The summed E-state index contributed by atoms with van der Waals surface area (Å²) in [5, 5.41) is 9.19. The molecule has 0 aliphatic carbocycles. The molecular formula is C22H18N4O3. The molecule has 7 nitrogen and oxygen atoms in total. The number of carbonyl (C=O) groups excluding carboxylic acids is 1. The first kappa shape index (κ1) is 19.7. The molecular weight excluding hydrogens is 368 g/mol. The fourth-order valence-electron chi connectivity index (χ4n) is 2.78. The van der Waals surface area contributed by atoms with Crippen LogP contribution >= 0.6 is 0 Å². The average molecular weight is 386 g/mol. The molecule has 0 atom stereocenters. The molecule has 0 radical (unpaired) electrons. The van der Waals surface area contributed by atoms with Crippen LogP contribution in [0.1, 0.15) is 34.2 Å². The first-order chi connectivity index (χ1) is 14.1. The molecule has 1 heterocycles. The summed E-state index contributed by atoms with van der Waals surface area (Å²) < 4.78 is 6.51. The van der Waals surface area contributed by atoms with E-state index in [4.69, 9.17) is 16.1 Å². The third kappa shape index (κ3) is 4.26. The number of rotatable bonds is 6. The maximum absolute atomic E-state index is 12.5. The summed E-state index contributed by atoms with van der Waals surface area (Å²) in [5.74, 6) is -0.135. The summed E-state index contributed by atoms with van der Waals surface area (Å²) in [6.07, 6.45) is 0. The van der Waals surface area contributed by atoms with Crippen LogP contribution in [0.5, 0.6) is 0 Å². The molecule has 144 valence electrons. The minimum Gasteiger partial charge on any atom is -0.461 e. The molecule has 1 aromatic heterocycles. The van der Waals surface area contributed by atoms with Crippen LogP contribution in [0.15, 0.2) is 48.5 Å². The van der Waals surface area contributed by atoms with E-state index in [2.05, 4.69) is 15.9 Å². The lowest BCUT2D eigenvalue weighted by molar-refractivity contribution is 0.0426. The van der Waals surface area contributed by atoms with Gasteiger partial charge in [0.05, 0.1) is 30.5 Å². The molecule has 0 saturated carbocycles. The molecule has 0 fully saturated rings. The van der Waals surface area contributed by atoms with E-state index in [1.807, 2.05) is 0 Å². The van der Waals surface area contributed by atoms with Crippen LogP contribution in [-0.4, -0.2) is 22.3 Å². The van der Waals surface area contributed by atoms with E-state index in [0.29, 0.717) is 28.3 Å². The van der Waals surface area contributed by atoms with Gasteiger partial charge in [-0.25, -0.2) is 14.6 Å². The Kier molecular flexibility index (Phi) is 5.91. The smallest absolute Gasteiger partial charge is 0.360 e. The highest BCUT2D eigenvalue weighted by Gasteiger charge is 2.24. The lowest BCUT2D eigenvalue weighted by Gasteiger charge is -2.13. The number of ether oxygens (including phenoxy) is 1. The Hall–Kier alpha value is -4.10. The van der Waals surface area contributed by atoms with Gasteiger partial charge in [-0.3, -0.25) is 0 Å². The zero-order valence-electron chi connectivity index (χ0n) is 16.0. The van der Waals surface area contributed by atoms with Crippen molar-refractivity contribution < 1.29 is 14.4 Å². The van der Waals surface area contributed by atoms with Crippen molar-refractivity contribution >= 4 is 11.7 Å². The monoisotopic (exact) mass is 386 g/mol. The van der Waals surface area contributed by atoms with E-state index in [-0.39, 0.29) is 18.9 Å². The van der Waals surface area contributed by atoms with Crippen LogP contribution in [0.3, 0.4) is 0 Å². The highest BCUT2D eigenvalue weighted by atomic mass is 16.7. The molecule has 0 unspecified atom stereocenters. The number of aryl methyl sites for hydroxylation is 1. The Labute approximate surface area is 168 Å². The molecule has 3 aromatic rings.